The van der Waals surface area contributed by atoms with Crippen molar-refractivity contribution >= 4 is 35.4 Å². The number of hydrogen-bond donors (Lipinski definition) is 2. The van der Waals surface area contributed by atoms with Gasteiger partial charge in [0.1, 0.15) is 0 Å². The van der Waals surface area contributed by atoms with E-state index in [-0.39, 0.29) is 17.2 Å². The summed E-state index contributed by atoms with van der Waals surface area (Å²) in [5, 5.41) is 35.3. The summed E-state index contributed by atoms with van der Waals surface area (Å²) in [6.07, 6.45) is 7.61. The van der Waals surface area contributed by atoms with Crippen LogP contribution in [0.3, 0.4) is 0 Å². The Kier molecular flexibility index (Phi) is 8.11. The largest absolute Gasteiger partial charge is 0.409 e. The average molecular weight is 424 g/mol. The van der Waals surface area contributed by atoms with Crippen LogP contribution in [0.4, 0.5) is 11.4 Å². The number of non-ortho nitro benzene ring substituents is 2. The standard InChI is InChI=1S/C10H7N3O3.C9H9N3O3/c14-13(15)9-4-1-8(2-5-9)3-6-10-11-7-16-12-10;10-9(11-13)6-3-7-1-4-8(5-2-7)12(14)15/h1-7H;1-6,13H,(H2,10,11)/b6-3+;. The first-order valence-electron chi connectivity index (χ1n) is 8.48. The molecule has 12 heteroatoms. The Morgan fingerprint density at radius 2 is 1.45 bits per heavy atom. The van der Waals surface area contributed by atoms with E-state index < -0.39 is 9.85 Å². The van der Waals surface area contributed by atoms with Gasteiger partial charge in [-0.25, -0.2) is 0 Å². The van der Waals surface area contributed by atoms with E-state index in [2.05, 4.69) is 19.8 Å². The summed E-state index contributed by atoms with van der Waals surface area (Å²) in [4.78, 5) is 23.6. The Morgan fingerprint density at radius 1 is 0.935 bits per heavy atom. The van der Waals surface area contributed by atoms with Crippen LogP contribution < -0.4 is 5.73 Å². The molecule has 0 saturated heterocycles. The van der Waals surface area contributed by atoms with Crippen LogP contribution in [0.2, 0.25) is 0 Å². The van der Waals surface area contributed by atoms with Crippen LogP contribution in [0, 0.1) is 20.2 Å². The first-order chi connectivity index (χ1) is 14.9. The summed E-state index contributed by atoms with van der Waals surface area (Å²) >= 11 is 0. The van der Waals surface area contributed by atoms with E-state index in [1.54, 1.807) is 42.5 Å². The van der Waals surface area contributed by atoms with Crippen molar-refractivity contribution in [2.24, 2.45) is 10.9 Å². The smallest absolute Gasteiger partial charge is 0.269 e. The zero-order valence-electron chi connectivity index (χ0n) is 15.8. The summed E-state index contributed by atoms with van der Waals surface area (Å²) in [6.45, 7) is 0. The molecule has 1 aromatic heterocycles. The lowest BCUT2D eigenvalue weighted by Gasteiger charge is -1.93. The molecule has 0 spiro atoms. The van der Waals surface area contributed by atoms with E-state index >= 15 is 0 Å². The molecule has 3 rings (SSSR count). The van der Waals surface area contributed by atoms with Gasteiger partial charge in [0, 0.05) is 24.3 Å². The molecule has 12 nitrogen and oxygen atoms in total. The molecule has 0 fully saturated rings. The van der Waals surface area contributed by atoms with Crippen LogP contribution in [0.5, 0.6) is 0 Å². The third-order valence-electron chi connectivity index (χ3n) is 3.57. The second kappa shape index (κ2) is 11.2. The molecule has 0 radical (unpaired) electrons. The highest BCUT2D eigenvalue weighted by molar-refractivity contribution is 5.94. The molecular formula is C19H16N6O6. The maximum absolute atomic E-state index is 10.4. The van der Waals surface area contributed by atoms with Gasteiger partial charge in [0.2, 0.25) is 6.39 Å². The van der Waals surface area contributed by atoms with Crippen molar-refractivity contribution in [2.45, 2.75) is 0 Å². The number of rotatable bonds is 6. The molecule has 0 aliphatic carbocycles. The van der Waals surface area contributed by atoms with Crippen molar-refractivity contribution in [3.05, 3.63) is 98.2 Å². The second-order valence-corrected chi connectivity index (χ2v) is 5.68. The molecule has 0 atom stereocenters. The summed E-state index contributed by atoms with van der Waals surface area (Å²) in [7, 11) is 0. The molecule has 1 heterocycles. The highest BCUT2D eigenvalue weighted by Crippen LogP contribution is 2.14. The van der Waals surface area contributed by atoms with Gasteiger partial charge in [0.25, 0.3) is 11.4 Å². The minimum absolute atomic E-state index is 0.0240. The Labute approximate surface area is 174 Å². The van der Waals surface area contributed by atoms with Gasteiger partial charge in [-0.3, -0.25) is 20.2 Å². The maximum atomic E-state index is 10.4. The van der Waals surface area contributed by atoms with Gasteiger partial charge in [-0.2, -0.15) is 4.98 Å². The lowest BCUT2D eigenvalue weighted by molar-refractivity contribution is -0.385. The number of oxime groups is 1. The number of nitro benzene ring substituents is 2. The van der Waals surface area contributed by atoms with Gasteiger partial charge < -0.3 is 15.5 Å². The van der Waals surface area contributed by atoms with Gasteiger partial charge in [-0.15, -0.1) is 0 Å². The monoisotopic (exact) mass is 424 g/mol. The second-order valence-electron chi connectivity index (χ2n) is 5.68. The number of nitro groups is 2. The van der Waals surface area contributed by atoms with Crippen molar-refractivity contribution < 1.29 is 19.6 Å². The summed E-state index contributed by atoms with van der Waals surface area (Å²) in [5.41, 5.74) is 6.85. The average Bonchev–Trinajstić information content (AvgIpc) is 3.30. The summed E-state index contributed by atoms with van der Waals surface area (Å²) < 4.78 is 4.55. The minimum atomic E-state index is -0.475. The van der Waals surface area contributed by atoms with Crippen LogP contribution in [-0.4, -0.2) is 31.0 Å². The molecule has 0 bridgehead atoms. The summed E-state index contributed by atoms with van der Waals surface area (Å²) in [5.74, 6) is 0.423. The number of nitrogens with zero attached hydrogens (tertiary/aromatic N) is 5. The molecular weight excluding hydrogens is 408 g/mol. The van der Waals surface area contributed by atoms with Crippen LogP contribution >= 0.6 is 0 Å². The normalized spacial score (nSPS) is 11.3. The van der Waals surface area contributed by atoms with E-state index in [1.807, 2.05) is 0 Å². The fourth-order valence-corrected chi connectivity index (χ4v) is 2.05. The fourth-order valence-electron chi connectivity index (χ4n) is 2.05. The SMILES string of the molecule is NC(C=Cc1ccc([N+](=O)[O-])cc1)=NO.O=[N+]([O-])c1ccc(/C=C/c2ncon2)cc1. The zero-order chi connectivity index (χ0) is 22.6. The Balaban J connectivity index is 0.000000221. The molecule has 31 heavy (non-hydrogen) atoms. The number of nitrogens with two attached hydrogens (primary N) is 1. The van der Waals surface area contributed by atoms with Crippen LogP contribution in [0.1, 0.15) is 17.0 Å². The van der Waals surface area contributed by atoms with Crippen molar-refractivity contribution in [1.82, 2.24) is 10.1 Å². The van der Waals surface area contributed by atoms with Gasteiger partial charge >= 0.3 is 0 Å². The Bertz CT molecular complexity index is 1090. The highest BCUT2D eigenvalue weighted by atomic mass is 16.6. The van der Waals surface area contributed by atoms with E-state index in [0.29, 0.717) is 5.82 Å². The quantitative estimate of drug-likeness (QED) is 0.196. The third-order valence-corrected chi connectivity index (χ3v) is 3.57. The van der Waals surface area contributed by atoms with Crippen molar-refractivity contribution in [3.8, 4) is 0 Å². The van der Waals surface area contributed by atoms with Crippen LogP contribution in [-0.2, 0) is 0 Å². The Morgan fingerprint density at radius 3 is 1.87 bits per heavy atom. The van der Waals surface area contributed by atoms with Gasteiger partial charge in [-0.05, 0) is 47.5 Å². The molecule has 158 valence electrons. The first kappa shape index (κ1) is 22.4. The van der Waals surface area contributed by atoms with E-state index in [4.69, 9.17) is 10.9 Å². The topological polar surface area (TPSA) is 184 Å². The molecule has 0 unspecified atom stereocenters. The van der Waals surface area contributed by atoms with Crippen molar-refractivity contribution in [2.75, 3.05) is 0 Å². The molecule has 0 aliphatic heterocycles. The predicted octanol–water partition coefficient (Wildman–Crippen LogP) is 3.50. The fraction of sp³-hybridized carbons (Fsp3) is 0. The molecule has 3 aromatic rings. The van der Waals surface area contributed by atoms with Gasteiger partial charge in [-0.1, -0.05) is 22.5 Å². The number of hydrogen-bond acceptors (Lipinski definition) is 9. The van der Waals surface area contributed by atoms with Crippen LogP contribution in [0.25, 0.3) is 18.2 Å². The van der Waals surface area contributed by atoms with Gasteiger partial charge in [0.15, 0.2) is 11.7 Å². The Hall–Kier alpha value is -4.87. The third kappa shape index (κ3) is 7.57. The van der Waals surface area contributed by atoms with E-state index in [0.717, 1.165) is 11.1 Å². The molecule has 0 aliphatic rings. The lowest BCUT2D eigenvalue weighted by Crippen LogP contribution is -2.06. The van der Waals surface area contributed by atoms with Gasteiger partial charge in [0.05, 0.1) is 9.85 Å². The highest BCUT2D eigenvalue weighted by Gasteiger charge is 2.03. The lowest BCUT2D eigenvalue weighted by atomic mass is 10.2. The molecule has 2 aromatic carbocycles. The predicted molar refractivity (Wildman–Crippen MR) is 112 cm³/mol. The molecule has 0 amide bonds. The number of benzene rings is 2. The summed E-state index contributed by atoms with van der Waals surface area (Å²) in [6, 6.07) is 12.1. The van der Waals surface area contributed by atoms with E-state index in [9.17, 15) is 20.2 Å². The maximum Gasteiger partial charge on any atom is 0.269 e. The zero-order valence-corrected chi connectivity index (χ0v) is 15.8. The van der Waals surface area contributed by atoms with Crippen molar-refractivity contribution in [1.29, 1.82) is 0 Å². The molecule has 0 saturated carbocycles. The van der Waals surface area contributed by atoms with E-state index in [1.165, 1.54) is 36.7 Å². The number of aromatic nitrogens is 2. The minimum Gasteiger partial charge on any atom is -0.409 e. The van der Waals surface area contributed by atoms with Crippen LogP contribution in [0.15, 0.2) is 70.7 Å². The molecule has 3 N–H and O–H groups in total. The number of amidine groups is 1. The van der Waals surface area contributed by atoms with Crippen molar-refractivity contribution in [3.63, 3.8) is 0 Å². The first-order valence-corrected chi connectivity index (χ1v) is 8.48.